The van der Waals surface area contributed by atoms with Crippen LogP contribution in [0.2, 0.25) is 0 Å². The SMILES string of the molecule is CC(C)(NC(=O)OCC1c2ccccc2-c2ccccc21)C(C)(C)C(=O)NC(C(=O)O)C1CC1. The van der Waals surface area contributed by atoms with Gasteiger partial charge < -0.3 is 20.5 Å². The number of fused-ring (bicyclic) bond motifs is 3. The Morgan fingerprint density at radius 3 is 2.00 bits per heavy atom. The second kappa shape index (κ2) is 8.78. The van der Waals surface area contributed by atoms with Crippen molar-refractivity contribution in [1.29, 1.82) is 0 Å². The maximum absolute atomic E-state index is 13.0. The minimum Gasteiger partial charge on any atom is -0.480 e. The number of rotatable bonds is 8. The van der Waals surface area contributed by atoms with E-state index in [1.54, 1.807) is 27.7 Å². The number of benzene rings is 2. The van der Waals surface area contributed by atoms with Gasteiger partial charge in [-0.25, -0.2) is 9.59 Å². The van der Waals surface area contributed by atoms with Crippen LogP contribution in [0.3, 0.4) is 0 Å². The van der Waals surface area contributed by atoms with E-state index in [9.17, 15) is 19.5 Å². The molecule has 2 aromatic carbocycles. The van der Waals surface area contributed by atoms with Crippen molar-refractivity contribution >= 4 is 18.0 Å². The smallest absolute Gasteiger partial charge is 0.407 e. The molecule has 4 rings (SSSR count). The molecule has 0 aliphatic heterocycles. The van der Waals surface area contributed by atoms with Gasteiger partial charge in [-0.3, -0.25) is 4.79 Å². The topological polar surface area (TPSA) is 105 Å². The minimum atomic E-state index is -1.08. The minimum absolute atomic E-state index is 0.0320. The lowest BCUT2D eigenvalue weighted by Gasteiger charge is -2.41. The Hall–Kier alpha value is -3.35. The van der Waals surface area contributed by atoms with Crippen LogP contribution in [0.1, 0.15) is 57.6 Å². The fourth-order valence-electron chi connectivity index (χ4n) is 4.46. The predicted octanol–water partition coefficient (Wildman–Crippen LogP) is 4.31. The van der Waals surface area contributed by atoms with Crippen LogP contribution in [0.15, 0.2) is 48.5 Å². The highest BCUT2D eigenvalue weighted by Crippen LogP contribution is 2.44. The summed E-state index contributed by atoms with van der Waals surface area (Å²) in [5, 5.41) is 14.9. The Labute approximate surface area is 199 Å². The van der Waals surface area contributed by atoms with Gasteiger partial charge in [-0.1, -0.05) is 48.5 Å². The Morgan fingerprint density at radius 1 is 0.971 bits per heavy atom. The largest absolute Gasteiger partial charge is 0.480 e. The monoisotopic (exact) mass is 464 g/mol. The van der Waals surface area contributed by atoms with Gasteiger partial charge in [0.2, 0.25) is 5.91 Å². The third-order valence-electron chi connectivity index (χ3n) is 7.53. The lowest BCUT2D eigenvalue weighted by molar-refractivity contribution is -0.145. The summed E-state index contributed by atoms with van der Waals surface area (Å²) in [5.41, 5.74) is 2.46. The zero-order valence-electron chi connectivity index (χ0n) is 20.1. The second-order valence-corrected chi connectivity index (χ2v) is 10.3. The van der Waals surface area contributed by atoms with Crippen LogP contribution in [-0.4, -0.2) is 41.3 Å². The quantitative estimate of drug-likeness (QED) is 0.540. The van der Waals surface area contributed by atoms with Crippen molar-refractivity contribution in [2.75, 3.05) is 6.61 Å². The number of ether oxygens (including phenoxy) is 1. The molecular weight excluding hydrogens is 432 g/mol. The molecule has 180 valence electrons. The normalized spacial score (nSPS) is 16.2. The van der Waals surface area contributed by atoms with Crippen molar-refractivity contribution < 1.29 is 24.2 Å². The molecule has 0 heterocycles. The van der Waals surface area contributed by atoms with Crippen molar-refractivity contribution in [2.45, 2.75) is 58.0 Å². The van der Waals surface area contributed by atoms with Crippen molar-refractivity contribution in [1.82, 2.24) is 10.6 Å². The molecule has 2 aliphatic carbocycles. The van der Waals surface area contributed by atoms with Crippen LogP contribution in [0, 0.1) is 11.3 Å². The van der Waals surface area contributed by atoms with E-state index in [1.165, 1.54) is 0 Å². The Kier molecular flexibility index (Phi) is 6.14. The van der Waals surface area contributed by atoms with E-state index >= 15 is 0 Å². The maximum atomic E-state index is 13.0. The molecule has 1 saturated carbocycles. The summed E-state index contributed by atoms with van der Waals surface area (Å²) in [4.78, 5) is 37.4. The highest BCUT2D eigenvalue weighted by atomic mass is 16.5. The molecule has 2 aliphatic rings. The van der Waals surface area contributed by atoms with E-state index in [0.29, 0.717) is 0 Å². The van der Waals surface area contributed by atoms with Gasteiger partial charge >= 0.3 is 12.1 Å². The van der Waals surface area contributed by atoms with Crippen molar-refractivity contribution in [2.24, 2.45) is 11.3 Å². The molecule has 0 bridgehead atoms. The molecule has 7 heteroatoms. The van der Waals surface area contributed by atoms with Crippen molar-refractivity contribution in [3.63, 3.8) is 0 Å². The van der Waals surface area contributed by atoms with Crippen LogP contribution in [-0.2, 0) is 14.3 Å². The van der Waals surface area contributed by atoms with Crippen LogP contribution < -0.4 is 10.6 Å². The molecule has 2 amide bonds. The Balaban J connectivity index is 1.41. The van der Waals surface area contributed by atoms with E-state index < -0.39 is 35.0 Å². The molecule has 0 saturated heterocycles. The third-order valence-corrected chi connectivity index (χ3v) is 7.53. The first kappa shape index (κ1) is 23.8. The summed E-state index contributed by atoms with van der Waals surface area (Å²) in [6, 6.07) is 15.3. The van der Waals surface area contributed by atoms with Crippen molar-refractivity contribution in [3.8, 4) is 11.1 Å². The number of carboxylic acids is 1. The lowest BCUT2D eigenvalue weighted by atomic mass is 9.73. The first-order valence-corrected chi connectivity index (χ1v) is 11.7. The molecular formula is C27H32N2O5. The molecule has 2 aromatic rings. The first-order valence-electron chi connectivity index (χ1n) is 11.7. The van der Waals surface area contributed by atoms with E-state index in [0.717, 1.165) is 35.1 Å². The highest BCUT2D eigenvalue weighted by Gasteiger charge is 2.47. The number of carboxylic acid groups (broad SMARTS) is 1. The van der Waals surface area contributed by atoms with E-state index in [4.69, 9.17) is 4.74 Å². The van der Waals surface area contributed by atoms with Gasteiger partial charge in [-0.2, -0.15) is 0 Å². The molecule has 0 spiro atoms. The van der Waals surface area contributed by atoms with Gasteiger partial charge in [0.1, 0.15) is 12.6 Å². The highest BCUT2D eigenvalue weighted by molar-refractivity contribution is 5.89. The van der Waals surface area contributed by atoms with Gasteiger partial charge in [0.15, 0.2) is 0 Å². The number of aliphatic carboxylic acids is 1. The molecule has 3 N–H and O–H groups in total. The Morgan fingerprint density at radius 2 is 1.50 bits per heavy atom. The summed E-state index contributed by atoms with van der Waals surface area (Å²) in [7, 11) is 0. The number of alkyl carbamates (subject to hydrolysis) is 1. The summed E-state index contributed by atoms with van der Waals surface area (Å²) >= 11 is 0. The summed E-state index contributed by atoms with van der Waals surface area (Å²) in [5.74, 6) is -1.55. The summed E-state index contributed by atoms with van der Waals surface area (Å²) in [6.07, 6.45) is 0.961. The molecule has 34 heavy (non-hydrogen) atoms. The van der Waals surface area contributed by atoms with Crippen LogP contribution in [0.4, 0.5) is 4.79 Å². The number of nitrogens with one attached hydrogen (secondary N) is 2. The molecule has 7 nitrogen and oxygen atoms in total. The molecule has 1 fully saturated rings. The fraction of sp³-hybridized carbons (Fsp3) is 0.444. The lowest BCUT2D eigenvalue weighted by Crippen LogP contribution is -2.61. The van der Waals surface area contributed by atoms with Gasteiger partial charge in [-0.15, -0.1) is 0 Å². The fourth-order valence-corrected chi connectivity index (χ4v) is 4.46. The predicted molar refractivity (Wildman–Crippen MR) is 128 cm³/mol. The molecule has 1 unspecified atom stereocenters. The van der Waals surface area contributed by atoms with Crippen LogP contribution in [0.25, 0.3) is 11.1 Å². The number of carbonyl (C=O) groups excluding carboxylic acids is 2. The van der Waals surface area contributed by atoms with Gasteiger partial charge in [0.25, 0.3) is 0 Å². The number of hydrogen-bond donors (Lipinski definition) is 3. The van der Waals surface area contributed by atoms with Gasteiger partial charge in [0, 0.05) is 5.92 Å². The summed E-state index contributed by atoms with van der Waals surface area (Å²) in [6.45, 7) is 7.03. The maximum Gasteiger partial charge on any atom is 0.407 e. The van der Waals surface area contributed by atoms with Gasteiger partial charge in [-0.05, 0) is 68.7 Å². The molecule has 1 atom stereocenters. The van der Waals surface area contributed by atoms with Gasteiger partial charge in [0.05, 0.1) is 11.0 Å². The summed E-state index contributed by atoms with van der Waals surface area (Å²) < 4.78 is 5.64. The average molecular weight is 465 g/mol. The molecule has 0 aromatic heterocycles. The number of carbonyl (C=O) groups is 3. The number of hydrogen-bond acceptors (Lipinski definition) is 4. The van der Waals surface area contributed by atoms with E-state index in [-0.39, 0.29) is 18.4 Å². The first-order chi connectivity index (χ1) is 16.0. The zero-order valence-corrected chi connectivity index (χ0v) is 20.1. The zero-order chi connectivity index (χ0) is 24.7. The third kappa shape index (κ3) is 4.39. The van der Waals surface area contributed by atoms with E-state index in [2.05, 4.69) is 34.9 Å². The standard InChI is InChI=1S/C27H32N2O5/c1-26(2,24(32)28-22(23(30)31)16-13-14-16)27(3,4)29-25(33)34-15-21-19-11-7-5-9-17(19)18-10-6-8-12-20(18)21/h5-12,16,21-22H,13-15H2,1-4H3,(H,28,32)(H,29,33)(H,30,31). The van der Waals surface area contributed by atoms with E-state index in [1.807, 2.05) is 24.3 Å². The second-order valence-electron chi connectivity index (χ2n) is 10.3. The average Bonchev–Trinajstić information content (AvgIpc) is 3.57. The van der Waals surface area contributed by atoms with Crippen LogP contribution >= 0.6 is 0 Å². The number of amides is 2. The Bertz CT molecular complexity index is 1070. The molecule has 0 radical (unpaired) electrons. The van der Waals surface area contributed by atoms with Crippen LogP contribution in [0.5, 0.6) is 0 Å². The van der Waals surface area contributed by atoms with Crippen molar-refractivity contribution in [3.05, 3.63) is 59.7 Å².